The van der Waals surface area contributed by atoms with Crippen LogP contribution < -0.4 is 10.1 Å². The van der Waals surface area contributed by atoms with Crippen molar-refractivity contribution in [3.05, 3.63) is 56.5 Å². The molecule has 0 bridgehead atoms. The minimum absolute atomic E-state index is 0.561. The van der Waals surface area contributed by atoms with Crippen LogP contribution >= 0.6 is 39.1 Å². The van der Waals surface area contributed by atoms with Crippen LogP contribution in [0.15, 0.2) is 40.9 Å². The second-order valence-corrected chi connectivity index (χ2v) is 6.84. The quantitative estimate of drug-likeness (QED) is 0.700. The van der Waals surface area contributed by atoms with Crippen molar-refractivity contribution in [1.82, 2.24) is 5.32 Å². The van der Waals surface area contributed by atoms with Gasteiger partial charge in [0.2, 0.25) is 0 Å². The molecule has 0 aliphatic heterocycles. The second-order valence-electron chi connectivity index (χ2n) is 5.08. The van der Waals surface area contributed by atoms with Crippen LogP contribution in [0.1, 0.15) is 18.4 Å². The Balaban J connectivity index is 1.83. The molecule has 110 valence electrons. The summed E-state index contributed by atoms with van der Waals surface area (Å²) in [6.07, 6.45) is 2.50. The number of nitrogens with one attached hydrogen (secondary N) is 1. The number of halogens is 3. The van der Waals surface area contributed by atoms with Crippen molar-refractivity contribution >= 4 is 39.1 Å². The SMILES string of the molecule is Clc1ccc(CNC2CC2)c(Oc2ccc(Br)cc2Cl)c1. The lowest BCUT2D eigenvalue weighted by Crippen LogP contribution is -2.15. The number of ether oxygens (including phenoxy) is 1. The van der Waals surface area contributed by atoms with Gasteiger partial charge < -0.3 is 10.1 Å². The third-order valence-corrected chi connectivity index (χ3v) is 4.33. The molecule has 1 fully saturated rings. The molecule has 1 aliphatic rings. The topological polar surface area (TPSA) is 21.3 Å². The summed E-state index contributed by atoms with van der Waals surface area (Å²) >= 11 is 15.7. The molecule has 1 aliphatic carbocycles. The Hall–Kier alpha value is -0.740. The van der Waals surface area contributed by atoms with Gasteiger partial charge in [0, 0.05) is 27.6 Å². The highest BCUT2D eigenvalue weighted by molar-refractivity contribution is 9.10. The van der Waals surface area contributed by atoms with Gasteiger partial charge in [0.05, 0.1) is 5.02 Å². The van der Waals surface area contributed by atoms with Crippen molar-refractivity contribution in [2.75, 3.05) is 0 Å². The van der Waals surface area contributed by atoms with E-state index in [9.17, 15) is 0 Å². The van der Waals surface area contributed by atoms with E-state index in [0.717, 1.165) is 22.3 Å². The van der Waals surface area contributed by atoms with Crippen LogP contribution in [-0.4, -0.2) is 6.04 Å². The van der Waals surface area contributed by atoms with Gasteiger partial charge in [-0.05, 0) is 43.2 Å². The van der Waals surface area contributed by atoms with Gasteiger partial charge in [0.1, 0.15) is 11.5 Å². The van der Waals surface area contributed by atoms with E-state index in [2.05, 4.69) is 21.2 Å². The van der Waals surface area contributed by atoms with Crippen LogP contribution in [0, 0.1) is 0 Å². The highest BCUT2D eigenvalue weighted by Crippen LogP contribution is 2.34. The van der Waals surface area contributed by atoms with Crippen molar-refractivity contribution in [3.8, 4) is 11.5 Å². The van der Waals surface area contributed by atoms with E-state index in [4.69, 9.17) is 27.9 Å². The highest BCUT2D eigenvalue weighted by atomic mass is 79.9. The molecule has 5 heteroatoms. The molecular formula is C16H14BrCl2NO. The summed E-state index contributed by atoms with van der Waals surface area (Å²) in [6.45, 7) is 0.769. The Morgan fingerprint density at radius 3 is 2.62 bits per heavy atom. The van der Waals surface area contributed by atoms with E-state index in [1.165, 1.54) is 12.8 Å². The molecule has 0 heterocycles. The molecule has 1 saturated carbocycles. The van der Waals surface area contributed by atoms with Crippen LogP contribution in [0.2, 0.25) is 10.0 Å². The lowest BCUT2D eigenvalue weighted by atomic mass is 10.2. The molecular weight excluding hydrogens is 373 g/mol. The van der Waals surface area contributed by atoms with Crippen LogP contribution in [-0.2, 0) is 6.54 Å². The summed E-state index contributed by atoms with van der Waals surface area (Å²) in [5, 5.41) is 4.69. The van der Waals surface area contributed by atoms with Crippen LogP contribution in [0.25, 0.3) is 0 Å². The van der Waals surface area contributed by atoms with Gasteiger partial charge in [-0.15, -0.1) is 0 Å². The molecule has 0 saturated heterocycles. The normalized spacial score (nSPS) is 14.2. The summed E-state index contributed by atoms with van der Waals surface area (Å²) < 4.78 is 6.87. The van der Waals surface area contributed by atoms with Crippen LogP contribution in [0.5, 0.6) is 11.5 Å². The van der Waals surface area contributed by atoms with Gasteiger partial charge >= 0.3 is 0 Å². The highest BCUT2D eigenvalue weighted by Gasteiger charge is 2.20. The molecule has 3 rings (SSSR count). The van der Waals surface area contributed by atoms with E-state index < -0.39 is 0 Å². The molecule has 0 unspecified atom stereocenters. The second kappa shape index (κ2) is 6.57. The lowest BCUT2D eigenvalue weighted by Gasteiger charge is -2.13. The van der Waals surface area contributed by atoms with Gasteiger partial charge in [0.25, 0.3) is 0 Å². The van der Waals surface area contributed by atoms with Crippen molar-refractivity contribution in [2.45, 2.75) is 25.4 Å². The summed E-state index contributed by atoms with van der Waals surface area (Å²) in [5.41, 5.74) is 1.07. The van der Waals surface area contributed by atoms with Gasteiger partial charge in [-0.3, -0.25) is 0 Å². The Kier molecular flexibility index (Phi) is 4.75. The minimum Gasteiger partial charge on any atom is -0.455 e. The summed E-state index contributed by atoms with van der Waals surface area (Å²) in [4.78, 5) is 0. The maximum Gasteiger partial charge on any atom is 0.146 e. The molecule has 1 N–H and O–H groups in total. The number of hydrogen-bond donors (Lipinski definition) is 1. The third-order valence-electron chi connectivity index (χ3n) is 3.30. The van der Waals surface area contributed by atoms with E-state index >= 15 is 0 Å². The monoisotopic (exact) mass is 385 g/mol. The van der Waals surface area contributed by atoms with Crippen molar-refractivity contribution in [3.63, 3.8) is 0 Å². The van der Waals surface area contributed by atoms with Crippen molar-refractivity contribution in [1.29, 1.82) is 0 Å². The molecule has 2 nitrogen and oxygen atoms in total. The first-order valence-corrected chi connectivity index (χ1v) is 8.31. The summed E-state index contributed by atoms with van der Waals surface area (Å²) in [7, 11) is 0. The van der Waals surface area contributed by atoms with Gasteiger partial charge in [-0.1, -0.05) is 45.2 Å². The van der Waals surface area contributed by atoms with Gasteiger partial charge in [0.15, 0.2) is 0 Å². The first kappa shape index (κ1) is 15.2. The fraction of sp³-hybridized carbons (Fsp3) is 0.250. The summed E-state index contributed by atoms with van der Waals surface area (Å²) in [6, 6.07) is 11.9. The molecule has 21 heavy (non-hydrogen) atoms. The number of rotatable bonds is 5. The van der Waals surface area contributed by atoms with E-state index in [1.807, 2.05) is 36.4 Å². The van der Waals surface area contributed by atoms with Crippen LogP contribution in [0.4, 0.5) is 0 Å². The Labute approximate surface area is 142 Å². The molecule has 0 radical (unpaired) electrons. The third kappa shape index (κ3) is 4.13. The van der Waals surface area contributed by atoms with Gasteiger partial charge in [-0.25, -0.2) is 0 Å². The molecule has 0 amide bonds. The zero-order valence-corrected chi connectivity index (χ0v) is 14.3. The van der Waals surface area contributed by atoms with E-state index in [0.29, 0.717) is 21.8 Å². The fourth-order valence-electron chi connectivity index (χ4n) is 1.99. The Bertz CT molecular complexity index is 659. The van der Waals surface area contributed by atoms with Gasteiger partial charge in [-0.2, -0.15) is 0 Å². The molecule has 0 aromatic heterocycles. The smallest absolute Gasteiger partial charge is 0.146 e. The van der Waals surface area contributed by atoms with E-state index in [-0.39, 0.29) is 0 Å². The van der Waals surface area contributed by atoms with Crippen molar-refractivity contribution < 1.29 is 4.74 Å². The average molecular weight is 387 g/mol. The average Bonchev–Trinajstić information content (AvgIpc) is 3.25. The number of hydrogen-bond acceptors (Lipinski definition) is 2. The predicted molar refractivity (Wildman–Crippen MR) is 90.5 cm³/mol. The van der Waals surface area contributed by atoms with Crippen LogP contribution in [0.3, 0.4) is 0 Å². The van der Waals surface area contributed by atoms with E-state index in [1.54, 1.807) is 0 Å². The molecule has 0 atom stereocenters. The maximum absolute atomic E-state index is 6.21. The molecule has 2 aromatic rings. The predicted octanol–water partition coefficient (Wildman–Crippen LogP) is 5.80. The standard InChI is InChI=1S/C16H14BrCl2NO/c17-11-2-6-15(14(19)7-11)21-16-8-12(18)3-1-10(16)9-20-13-4-5-13/h1-3,6-8,13,20H,4-5,9H2. The Morgan fingerprint density at radius 1 is 1.10 bits per heavy atom. The zero-order valence-electron chi connectivity index (χ0n) is 11.2. The lowest BCUT2D eigenvalue weighted by molar-refractivity contribution is 0.472. The first-order valence-electron chi connectivity index (χ1n) is 6.76. The maximum atomic E-state index is 6.21. The first-order chi connectivity index (χ1) is 10.1. The summed E-state index contributed by atoms with van der Waals surface area (Å²) in [5.74, 6) is 1.36. The largest absolute Gasteiger partial charge is 0.455 e. The van der Waals surface area contributed by atoms with Crippen molar-refractivity contribution in [2.24, 2.45) is 0 Å². The zero-order chi connectivity index (χ0) is 14.8. The molecule has 2 aromatic carbocycles. The fourth-order valence-corrected chi connectivity index (χ4v) is 2.86. The Morgan fingerprint density at radius 2 is 1.90 bits per heavy atom. The minimum atomic E-state index is 0.561. The number of benzene rings is 2. The molecule has 0 spiro atoms.